The van der Waals surface area contributed by atoms with Crippen molar-refractivity contribution in [3.8, 4) is 5.75 Å². The number of aromatic nitrogens is 1. The molecule has 0 spiro atoms. The molecule has 0 aliphatic heterocycles. The Morgan fingerprint density at radius 2 is 2.20 bits per heavy atom. The van der Waals surface area contributed by atoms with Crippen LogP contribution in [0, 0.1) is 6.92 Å². The second-order valence-electron chi connectivity index (χ2n) is 4.23. The van der Waals surface area contributed by atoms with Crippen LogP contribution in [0.5, 0.6) is 5.75 Å². The Morgan fingerprint density at radius 3 is 2.90 bits per heavy atom. The summed E-state index contributed by atoms with van der Waals surface area (Å²) in [7, 11) is 0. The minimum absolute atomic E-state index is 0.176. The van der Waals surface area contributed by atoms with Crippen LogP contribution in [0.15, 0.2) is 36.5 Å². The molecule has 104 valence electrons. The largest absolute Gasteiger partial charge is 0.492 e. The summed E-state index contributed by atoms with van der Waals surface area (Å²) in [4.78, 5) is 16.1. The average Bonchev–Trinajstić information content (AvgIpc) is 2.42. The van der Waals surface area contributed by atoms with Gasteiger partial charge in [-0.25, -0.2) is 4.98 Å². The molecule has 1 heterocycles. The first-order valence-electron chi connectivity index (χ1n) is 6.27. The van der Waals surface area contributed by atoms with Gasteiger partial charge < -0.3 is 10.1 Å². The summed E-state index contributed by atoms with van der Waals surface area (Å²) < 4.78 is 5.52. The van der Waals surface area contributed by atoms with Gasteiger partial charge >= 0.3 is 0 Å². The highest BCUT2D eigenvalue weighted by molar-refractivity contribution is 6.33. The molecule has 0 saturated carbocycles. The summed E-state index contributed by atoms with van der Waals surface area (Å²) in [6, 6.07) is 8.88. The van der Waals surface area contributed by atoms with Gasteiger partial charge in [0, 0.05) is 6.20 Å². The molecule has 1 aromatic carbocycles. The van der Waals surface area contributed by atoms with Crippen LogP contribution < -0.4 is 10.1 Å². The molecule has 20 heavy (non-hydrogen) atoms. The van der Waals surface area contributed by atoms with Crippen molar-refractivity contribution >= 4 is 23.2 Å². The molecule has 5 heteroatoms. The number of amides is 1. The third-order valence-electron chi connectivity index (χ3n) is 2.69. The molecule has 2 rings (SSSR count). The first-order chi connectivity index (χ1) is 9.61. The van der Waals surface area contributed by atoms with Crippen LogP contribution >= 0.6 is 11.6 Å². The van der Waals surface area contributed by atoms with Crippen molar-refractivity contribution in [2.24, 2.45) is 0 Å². The van der Waals surface area contributed by atoms with Crippen LogP contribution in [0.2, 0.25) is 5.15 Å². The van der Waals surface area contributed by atoms with Crippen molar-refractivity contribution in [1.29, 1.82) is 0 Å². The second kappa shape index (κ2) is 6.39. The van der Waals surface area contributed by atoms with Crippen molar-refractivity contribution in [1.82, 2.24) is 4.98 Å². The molecule has 1 amide bonds. The standard InChI is InChI=1S/C15H15ClN2O2/c1-3-20-13-9-10(2)6-7-12(13)18-15(19)11-5-4-8-17-14(11)16/h4-9H,3H2,1-2H3,(H,18,19). The van der Waals surface area contributed by atoms with Gasteiger partial charge in [-0.1, -0.05) is 17.7 Å². The van der Waals surface area contributed by atoms with E-state index in [9.17, 15) is 4.79 Å². The number of benzene rings is 1. The summed E-state index contributed by atoms with van der Waals surface area (Å²) in [5.74, 6) is 0.328. The van der Waals surface area contributed by atoms with Gasteiger partial charge in [0.15, 0.2) is 0 Å². The van der Waals surface area contributed by atoms with E-state index in [4.69, 9.17) is 16.3 Å². The number of carbonyl (C=O) groups is 1. The number of hydrogen-bond donors (Lipinski definition) is 1. The maximum absolute atomic E-state index is 12.2. The van der Waals surface area contributed by atoms with Gasteiger partial charge in [-0.3, -0.25) is 4.79 Å². The van der Waals surface area contributed by atoms with Gasteiger partial charge in [0.1, 0.15) is 10.9 Å². The Kier molecular flexibility index (Phi) is 4.58. The maximum Gasteiger partial charge on any atom is 0.258 e. The molecule has 2 aromatic rings. The van der Waals surface area contributed by atoms with E-state index in [1.54, 1.807) is 12.1 Å². The van der Waals surface area contributed by atoms with Gasteiger partial charge in [0.2, 0.25) is 0 Å². The van der Waals surface area contributed by atoms with Crippen LogP contribution in [0.4, 0.5) is 5.69 Å². The van der Waals surface area contributed by atoms with E-state index in [2.05, 4.69) is 10.3 Å². The molecule has 0 unspecified atom stereocenters. The highest BCUT2D eigenvalue weighted by atomic mass is 35.5. The van der Waals surface area contributed by atoms with Crippen molar-refractivity contribution in [3.63, 3.8) is 0 Å². The molecular formula is C15H15ClN2O2. The number of nitrogens with zero attached hydrogens (tertiary/aromatic N) is 1. The third kappa shape index (κ3) is 3.27. The Labute approximate surface area is 122 Å². The molecule has 0 bridgehead atoms. The third-order valence-corrected chi connectivity index (χ3v) is 2.99. The lowest BCUT2D eigenvalue weighted by Gasteiger charge is -2.12. The fourth-order valence-corrected chi connectivity index (χ4v) is 1.96. The molecule has 1 aromatic heterocycles. The van der Waals surface area contributed by atoms with Crippen molar-refractivity contribution in [2.45, 2.75) is 13.8 Å². The van der Waals surface area contributed by atoms with Crippen molar-refractivity contribution in [3.05, 3.63) is 52.8 Å². The van der Waals surface area contributed by atoms with Crippen LogP contribution in [0.25, 0.3) is 0 Å². The molecule has 1 N–H and O–H groups in total. The van der Waals surface area contributed by atoms with E-state index < -0.39 is 0 Å². The highest BCUT2D eigenvalue weighted by Gasteiger charge is 2.13. The molecule has 0 fully saturated rings. The van der Waals surface area contributed by atoms with Gasteiger partial charge in [0.25, 0.3) is 5.91 Å². The summed E-state index contributed by atoms with van der Waals surface area (Å²) in [5.41, 5.74) is 2.01. The predicted molar refractivity (Wildman–Crippen MR) is 79.5 cm³/mol. The Morgan fingerprint density at radius 1 is 1.40 bits per heavy atom. The number of halogens is 1. The highest BCUT2D eigenvalue weighted by Crippen LogP contribution is 2.26. The quantitative estimate of drug-likeness (QED) is 0.874. The van der Waals surface area contributed by atoms with Crippen LogP contribution in [-0.2, 0) is 0 Å². The van der Waals surface area contributed by atoms with Crippen molar-refractivity contribution < 1.29 is 9.53 Å². The summed E-state index contributed by atoms with van der Waals surface area (Å²) in [6.07, 6.45) is 1.54. The fourth-order valence-electron chi connectivity index (χ4n) is 1.75. The number of pyridine rings is 1. The maximum atomic E-state index is 12.2. The number of anilines is 1. The minimum atomic E-state index is -0.312. The van der Waals surface area contributed by atoms with Crippen LogP contribution in [0.1, 0.15) is 22.8 Å². The minimum Gasteiger partial charge on any atom is -0.492 e. The van der Waals surface area contributed by atoms with E-state index >= 15 is 0 Å². The van der Waals surface area contributed by atoms with Crippen LogP contribution in [-0.4, -0.2) is 17.5 Å². The molecule has 0 atom stereocenters. The lowest BCUT2D eigenvalue weighted by atomic mass is 10.2. The number of rotatable bonds is 4. The van der Waals surface area contributed by atoms with E-state index in [-0.39, 0.29) is 11.1 Å². The summed E-state index contributed by atoms with van der Waals surface area (Å²) >= 11 is 5.91. The zero-order valence-electron chi connectivity index (χ0n) is 11.3. The predicted octanol–water partition coefficient (Wildman–Crippen LogP) is 3.69. The molecular weight excluding hydrogens is 276 g/mol. The lowest BCUT2D eigenvalue weighted by molar-refractivity contribution is 0.102. The SMILES string of the molecule is CCOc1cc(C)ccc1NC(=O)c1cccnc1Cl. The molecule has 0 saturated heterocycles. The van der Waals surface area contributed by atoms with Gasteiger partial charge in [-0.15, -0.1) is 0 Å². The zero-order valence-corrected chi connectivity index (χ0v) is 12.1. The Bertz CT molecular complexity index is 629. The van der Waals surface area contributed by atoms with Crippen molar-refractivity contribution in [2.75, 3.05) is 11.9 Å². The first kappa shape index (κ1) is 14.3. The zero-order chi connectivity index (χ0) is 14.5. The lowest BCUT2D eigenvalue weighted by Crippen LogP contribution is -2.14. The van der Waals surface area contributed by atoms with E-state index in [0.29, 0.717) is 23.6 Å². The van der Waals surface area contributed by atoms with E-state index in [1.165, 1.54) is 6.20 Å². The Balaban J connectivity index is 2.26. The number of ether oxygens (including phenoxy) is 1. The monoisotopic (exact) mass is 290 g/mol. The van der Waals surface area contributed by atoms with Crippen LogP contribution in [0.3, 0.4) is 0 Å². The number of hydrogen-bond acceptors (Lipinski definition) is 3. The number of nitrogens with one attached hydrogen (secondary N) is 1. The molecule has 0 radical (unpaired) electrons. The second-order valence-corrected chi connectivity index (χ2v) is 4.59. The van der Waals surface area contributed by atoms with E-state index in [0.717, 1.165) is 5.56 Å². The van der Waals surface area contributed by atoms with Gasteiger partial charge in [-0.05, 0) is 43.7 Å². The smallest absolute Gasteiger partial charge is 0.258 e. The molecule has 0 aliphatic carbocycles. The fraction of sp³-hybridized carbons (Fsp3) is 0.200. The molecule has 4 nitrogen and oxygen atoms in total. The summed E-state index contributed by atoms with van der Waals surface area (Å²) in [6.45, 7) is 4.39. The van der Waals surface area contributed by atoms with Gasteiger partial charge in [-0.2, -0.15) is 0 Å². The molecule has 0 aliphatic rings. The van der Waals surface area contributed by atoms with Gasteiger partial charge in [0.05, 0.1) is 17.9 Å². The Hall–Kier alpha value is -2.07. The first-order valence-corrected chi connectivity index (χ1v) is 6.65. The topological polar surface area (TPSA) is 51.2 Å². The normalized spacial score (nSPS) is 10.2. The summed E-state index contributed by atoms with van der Waals surface area (Å²) in [5, 5.41) is 2.97. The van der Waals surface area contributed by atoms with E-state index in [1.807, 2.05) is 32.0 Å². The number of aryl methyl sites for hydroxylation is 1. The number of carbonyl (C=O) groups excluding carboxylic acids is 1. The average molecular weight is 291 g/mol.